The highest BCUT2D eigenvalue weighted by Gasteiger charge is 2.30. The maximum atomic E-state index is 13.5. The van der Waals surface area contributed by atoms with Gasteiger partial charge >= 0.3 is 0 Å². The number of fused-ring (bicyclic) bond motifs is 1. The summed E-state index contributed by atoms with van der Waals surface area (Å²) in [6.07, 6.45) is 1.49. The van der Waals surface area contributed by atoms with E-state index < -0.39 is 6.04 Å². The quantitative estimate of drug-likeness (QED) is 0.434. The molecule has 0 saturated carbocycles. The molecule has 0 fully saturated rings. The first-order chi connectivity index (χ1) is 15.7. The fraction of sp³-hybridized carbons (Fsp3) is 0.357. The molecule has 0 aliphatic carbocycles. The molecule has 1 atom stereocenters. The number of aryl methyl sites for hydroxylation is 1. The van der Waals surface area contributed by atoms with Crippen molar-refractivity contribution in [2.75, 3.05) is 0 Å². The van der Waals surface area contributed by atoms with Crippen LogP contribution in [0.25, 0.3) is 10.8 Å². The van der Waals surface area contributed by atoms with Gasteiger partial charge in [0.25, 0.3) is 0 Å². The Morgan fingerprint density at radius 2 is 1.64 bits per heavy atom. The van der Waals surface area contributed by atoms with Crippen LogP contribution in [0.3, 0.4) is 0 Å². The molecular weight excluding hydrogens is 432 g/mol. The summed E-state index contributed by atoms with van der Waals surface area (Å²) in [6, 6.07) is 21.3. The Morgan fingerprint density at radius 1 is 0.970 bits per heavy atom. The number of carbonyl (C=O) groups excluding carboxylic acids is 2. The number of nitrogens with zero attached hydrogens (tertiary/aromatic N) is 1. The summed E-state index contributed by atoms with van der Waals surface area (Å²) >= 11 is 6.04. The number of nitrogens with one attached hydrogen (secondary N) is 1. The van der Waals surface area contributed by atoms with E-state index in [1.807, 2.05) is 70.2 Å². The zero-order valence-corrected chi connectivity index (χ0v) is 20.7. The minimum atomic E-state index is -0.542. The van der Waals surface area contributed by atoms with Crippen LogP contribution in [0.4, 0.5) is 0 Å². The number of amides is 2. The van der Waals surface area contributed by atoms with Gasteiger partial charge in [-0.1, -0.05) is 73.1 Å². The standard InChI is InChI=1S/C28H33ClN2O2/c1-5-25(27(33)30-28(2,3)4)31(19-20-13-16-23(29)17-14-20)26(32)18-15-22-11-8-10-21-9-6-7-12-24(21)22/h6-14,16-17,25H,5,15,18-19H2,1-4H3,(H,30,33)/t25-/m0/s1. The number of hydrogen-bond acceptors (Lipinski definition) is 2. The lowest BCUT2D eigenvalue weighted by atomic mass is 10.00. The van der Waals surface area contributed by atoms with Gasteiger partial charge in [-0.15, -0.1) is 0 Å². The van der Waals surface area contributed by atoms with Crippen LogP contribution in [0.1, 0.15) is 51.7 Å². The molecule has 0 saturated heterocycles. The zero-order valence-electron chi connectivity index (χ0n) is 19.9. The molecule has 0 bridgehead atoms. The van der Waals surface area contributed by atoms with Crippen molar-refractivity contribution in [1.82, 2.24) is 10.2 Å². The average molecular weight is 465 g/mol. The Bertz CT molecular complexity index is 1100. The Kier molecular flexibility index (Phi) is 8.15. The second kappa shape index (κ2) is 10.8. The van der Waals surface area contributed by atoms with Gasteiger partial charge < -0.3 is 10.2 Å². The molecule has 33 heavy (non-hydrogen) atoms. The maximum Gasteiger partial charge on any atom is 0.243 e. The zero-order chi connectivity index (χ0) is 24.0. The number of rotatable bonds is 8. The van der Waals surface area contributed by atoms with Gasteiger partial charge in [0.05, 0.1) is 0 Å². The van der Waals surface area contributed by atoms with Crippen molar-refractivity contribution in [3.63, 3.8) is 0 Å². The first-order valence-corrected chi connectivity index (χ1v) is 11.9. The van der Waals surface area contributed by atoms with E-state index in [-0.39, 0.29) is 17.4 Å². The molecule has 0 aliphatic heterocycles. The molecule has 0 aromatic heterocycles. The van der Waals surface area contributed by atoms with Crippen LogP contribution in [0.5, 0.6) is 0 Å². The Morgan fingerprint density at radius 3 is 2.30 bits per heavy atom. The van der Waals surface area contributed by atoms with E-state index in [2.05, 4.69) is 29.6 Å². The van der Waals surface area contributed by atoms with Gasteiger partial charge in [-0.05, 0) is 67.6 Å². The molecule has 0 spiro atoms. The Labute approximate surface area is 201 Å². The van der Waals surface area contributed by atoms with Crippen molar-refractivity contribution < 1.29 is 9.59 Å². The summed E-state index contributed by atoms with van der Waals surface area (Å²) in [6.45, 7) is 8.15. The number of benzene rings is 3. The van der Waals surface area contributed by atoms with Gasteiger partial charge in [0, 0.05) is 23.5 Å². The molecule has 3 aromatic rings. The van der Waals surface area contributed by atoms with Gasteiger partial charge in [-0.2, -0.15) is 0 Å². The predicted octanol–water partition coefficient (Wildman–Crippen LogP) is 6.15. The predicted molar refractivity (Wildman–Crippen MR) is 136 cm³/mol. The van der Waals surface area contributed by atoms with Crippen LogP contribution in [-0.4, -0.2) is 28.3 Å². The van der Waals surface area contributed by atoms with E-state index in [0.717, 1.165) is 21.9 Å². The highest BCUT2D eigenvalue weighted by molar-refractivity contribution is 6.30. The smallest absolute Gasteiger partial charge is 0.243 e. The molecule has 3 aromatic carbocycles. The maximum absolute atomic E-state index is 13.5. The average Bonchev–Trinajstić information content (AvgIpc) is 2.77. The number of hydrogen-bond donors (Lipinski definition) is 1. The van der Waals surface area contributed by atoms with Crippen molar-refractivity contribution in [2.24, 2.45) is 0 Å². The van der Waals surface area contributed by atoms with E-state index in [1.165, 1.54) is 0 Å². The summed E-state index contributed by atoms with van der Waals surface area (Å²) in [7, 11) is 0. The molecule has 174 valence electrons. The highest BCUT2D eigenvalue weighted by Crippen LogP contribution is 2.22. The Balaban J connectivity index is 1.84. The normalized spacial score (nSPS) is 12.4. The van der Waals surface area contributed by atoms with Gasteiger partial charge in [0.15, 0.2) is 0 Å². The second-order valence-corrected chi connectivity index (χ2v) is 9.89. The van der Waals surface area contributed by atoms with Gasteiger partial charge in [0.1, 0.15) is 6.04 Å². The highest BCUT2D eigenvalue weighted by atomic mass is 35.5. The molecule has 0 heterocycles. The van der Waals surface area contributed by atoms with Gasteiger partial charge in [-0.3, -0.25) is 9.59 Å². The van der Waals surface area contributed by atoms with Crippen molar-refractivity contribution >= 4 is 34.2 Å². The van der Waals surface area contributed by atoms with E-state index >= 15 is 0 Å². The first-order valence-electron chi connectivity index (χ1n) is 11.5. The van der Waals surface area contributed by atoms with Gasteiger partial charge in [0.2, 0.25) is 11.8 Å². The molecule has 5 heteroatoms. The van der Waals surface area contributed by atoms with Crippen LogP contribution in [-0.2, 0) is 22.6 Å². The molecule has 4 nitrogen and oxygen atoms in total. The minimum Gasteiger partial charge on any atom is -0.350 e. The number of halogens is 1. The summed E-state index contributed by atoms with van der Waals surface area (Å²) < 4.78 is 0. The molecule has 0 aliphatic rings. The number of carbonyl (C=O) groups is 2. The lowest BCUT2D eigenvalue weighted by Crippen LogP contribution is -2.53. The first kappa shape index (κ1) is 24.8. The van der Waals surface area contributed by atoms with E-state index in [9.17, 15) is 9.59 Å². The summed E-state index contributed by atoms with van der Waals surface area (Å²) in [5.41, 5.74) is 1.71. The van der Waals surface area contributed by atoms with E-state index in [0.29, 0.717) is 30.8 Å². The van der Waals surface area contributed by atoms with Crippen LogP contribution < -0.4 is 5.32 Å². The van der Waals surface area contributed by atoms with Crippen LogP contribution in [0.15, 0.2) is 66.7 Å². The molecule has 1 N–H and O–H groups in total. The lowest BCUT2D eigenvalue weighted by Gasteiger charge is -2.33. The third kappa shape index (κ3) is 6.82. The molecule has 3 rings (SSSR count). The van der Waals surface area contributed by atoms with Crippen molar-refractivity contribution in [1.29, 1.82) is 0 Å². The van der Waals surface area contributed by atoms with Crippen molar-refractivity contribution in [2.45, 2.75) is 65.1 Å². The molecular formula is C28H33ClN2O2. The van der Waals surface area contributed by atoms with Gasteiger partial charge in [-0.25, -0.2) is 0 Å². The Hall–Kier alpha value is -2.85. The third-order valence-electron chi connectivity index (χ3n) is 5.64. The summed E-state index contributed by atoms with van der Waals surface area (Å²) in [5.74, 6) is -0.161. The summed E-state index contributed by atoms with van der Waals surface area (Å²) in [5, 5.41) is 6.01. The third-order valence-corrected chi connectivity index (χ3v) is 5.89. The van der Waals surface area contributed by atoms with Crippen LogP contribution in [0.2, 0.25) is 5.02 Å². The topological polar surface area (TPSA) is 49.4 Å². The van der Waals surface area contributed by atoms with E-state index in [4.69, 9.17) is 11.6 Å². The van der Waals surface area contributed by atoms with E-state index in [1.54, 1.807) is 4.90 Å². The SMILES string of the molecule is CC[C@@H](C(=O)NC(C)(C)C)N(Cc1ccc(Cl)cc1)C(=O)CCc1cccc2ccccc12. The van der Waals surface area contributed by atoms with Crippen molar-refractivity contribution in [3.8, 4) is 0 Å². The lowest BCUT2D eigenvalue weighted by molar-refractivity contribution is -0.142. The second-order valence-electron chi connectivity index (χ2n) is 9.45. The fourth-order valence-corrected chi connectivity index (χ4v) is 4.18. The van der Waals surface area contributed by atoms with Crippen molar-refractivity contribution in [3.05, 3.63) is 82.9 Å². The minimum absolute atomic E-state index is 0.0335. The summed E-state index contributed by atoms with van der Waals surface area (Å²) in [4.78, 5) is 28.3. The monoisotopic (exact) mass is 464 g/mol. The van der Waals surface area contributed by atoms with Crippen LogP contribution in [0, 0.1) is 0 Å². The molecule has 0 unspecified atom stereocenters. The largest absolute Gasteiger partial charge is 0.350 e. The molecule has 2 amide bonds. The van der Waals surface area contributed by atoms with Crippen LogP contribution >= 0.6 is 11.6 Å². The molecule has 0 radical (unpaired) electrons. The fourth-order valence-electron chi connectivity index (χ4n) is 4.05.